The van der Waals surface area contributed by atoms with Crippen molar-refractivity contribution in [2.45, 2.75) is 24.9 Å². The van der Waals surface area contributed by atoms with E-state index in [4.69, 9.17) is 4.74 Å². The van der Waals surface area contributed by atoms with Crippen molar-refractivity contribution in [2.75, 3.05) is 25.4 Å². The van der Waals surface area contributed by atoms with Crippen molar-refractivity contribution < 1.29 is 4.74 Å². The summed E-state index contributed by atoms with van der Waals surface area (Å²) in [5, 5.41) is 4.48. The number of hydrogen-bond acceptors (Lipinski definition) is 4. The molecule has 1 saturated carbocycles. The van der Waals surface area contributed by atoms with E-state index in [-0.39, 0.29) is 0 Å². The first-order chi connectivity index (χ1) is 9.85. The lowest BCUT2D eigenvalue weighted by Crippen LogP contribution is -2.19. The minimum Gasteiger partial charge on any atom is -0.494 e. The zero-order valence-corrected chi connectivity index (χ0v) is 12.6. The molecule has 0 amide bonds. The Bertz CT molecular complexity index is 565. The van der Waals surface area contributed by atoms with Gasteiger partial charge in [0, 0.05) is 18.4 Å². The Kier molecular flexibility index (Phi) is 4.47. The van der Waals surface area contributed by atoms with E-state index < -0.39 is 0 Å². The number of hydrogen-bond donors (Lipinski definition) is 2. The van der Waals surface area contributed by atoms with Crippen molar-refractivity contribution >= 4 is 22.8 Å². The molecular formula is C15H21N3OS. The van der Waals surface area contributed by atoms with Crippen LogP contribution in [0.5, 0.6) is 5.75 Å². The van der Waals surface area contributed by atoms with E-state index in [1.54, 1.807) is 11.8 Å². The van der Waals surface area contributed by atoms with E-state index in [9.17, 15) is 0 Å². The third-order valence-electron chi connectivity index (χ3n) is 3.39. The molecule has 1 aromatic heterocycles. The summed E-state index contributed by atoms with van der Waals surface area (Å²) in [5.74, 6) is 2.89. The lowest BCUT2D eigenvalue weighted by atomic mass is 10.3. The highest BCUT2D eigenvalue weighted by molar-refractivity contribution is 7.99. The molecule has 5 heteroatoms. The highest BCUT2D eigenvalue weighted by Gasteiger charge is 2.19. The van der Waals surface area contributed by atoms with Crippen LogP contribution in [-0.2, 0) is 0 Å². The summed E-state index contributed by atoms with van der Waals surface area (Å²) in [6.45, 7) is 4.90. The van der Waals surface area contributed by atoms with Crippen molar-refractivity contribution in [2.24, 2.45) is 5.92 Å². The van der Waals surface area contributed by atoms with Crippen molar-refractivity contribution in [1.82, 2.24) is 15.3 Å². The molecule has 2 aromatic rings. The molecule has 0 unspecified atom stereocenters. The van der Waals surface area contributed by atoms with E-state index in [1.165, 1.54) is 19.4 Å². The average Bonchev–Trinajstić information content (AvgIpc) is 3.17. The fourth-order valence-electron chi connectivity index (χ4n) is 2.14. The first-order valence-corrected chi connectivity index (χ1v) is 8.30. The molecule has 0 aliphatic heterocycles. The molecule has 3 rings (SSSR count). The number of nitrogens with zero attached hydrogens (tertiary/aromatic N) is 1. The minimum atomic E-state index is 0.688. The van der Waals surface area contributed by atoms with Crippen LogP contribution in [-0.4, -0.2) is 35.4 Å². The summed E-state index contributed by atoms with van der Waals surface area (Å²) in [4.78, 5) is 7.93. The third kappa shape index (κ3) is 3.67. The molecule has 1 aliphatic carbocycles. The number of nitrogens with one attached hydrogen (secondary N) is 2. The van der Waals surface area contributed by atoms with Gasteiger partial charge in [-0.15, -0.1) is 0 Å². The Morgan fingerprint density at radius 1 is 1.45 bits per heavy atom. The number of ether oxygens (including phenoxy) is 1. The SMILES string of the molecule is CCOc1ccc2nc(SCCNCC3CC3)[nH]c2c1. The van der Waals surface area contributed by atoms with Crippen LogP contribution in [0, 0.1) is 5.92 Å². The first kappa shape index (κ1) is 13.8. The number of H-pyrrole nitrogens is 1. The monoisotopic (exact) mass is 291 g/mol. The van der Waals surface area contributed by atoms with Gasteiger partial charge in [-0.1, -0.05) is 11.8 Å². The largest absolute Gasteiger partial charge is 0.494 e. The van der Waals surface area contributed by atoms with Crippen molar-refractivity contribution in [3.63, 3.8) is 0 Å². The number of thioether (sulfide) groups is 1. The number of aromatic amines is 1. The Labute approximate surface area is 123 Å². The number of rotatable bonds is 8. The maximum Gasteiger partial charge on any atom is 0.166 e. The highest BCUT2D eigenvalue weighted by Crippen LogP contribution is 2.27. The predicted octanol–water partition coefficient (Wildman–Crippen LogP) is 3.05. The normalized spacial score (nSPS) is 14.8. The molecule has 108 valence electrons. The summed E-state index contributed by atoms with van der Waals surface area (Å²) < 4.78 is 5.50. The number of aromatic nitrogens is 2. The average molecular weight is 291 g/mol. The summed E-state index contributed by atoms with van der Waals surface area (Å²) in [6.07, 6.45) is 2.82. The summed E-state index contributed by atoms with van der Waals surface area (Å²) in [5.41, 5.74) is 2.05. The quantitative estimate of drug-likeness (QED) is 0.580. The van der Waals surface area contributed by atoms with Gasteiger partial charge in [0.25, 0.3) is 0 Å². The van der Waals surface area contributed by atoms with Crippen LogP contribution < -0.4 is 10.1 Å². The molecule has 1 fully saturated rings. The molecule has 1 aromatic carbocycles. The Morgan fingerprint density at radius 2 is 2.35 bits per heavy atom. The summed E-state index contributed by atoms with van der Waals surface area (Å²) in [7, 11) is 0. The minimum absolute atomic E-state index is 0.688. The number of benzene rings is 1. The highest BCUT2D eigenvalue weighted by atomic mass is 32.2. The van der Waals surface area contributed by atoms with Gasteiger partial charge in [-0.3, -0.25) is 0 Å². The van der Waals surface area contributed by atoms with Crippen molar-refractivity contribution in [3.8, 4) is 5.75 Å². The number of fused-ring (bicyclic) bond motifs is 1. The van der Waals surface area contributed by atoms with Crippen LogP contribution in [0.4, 0.5) is 0 Å². The topological polar surface area (TPSA) is 49.9 Å². The van der Waals surface area contributed by atoms with Crippen molar-refractivity contribution in [1.29, 1.82) is 0 Å². The first-order valence-electron chi connectivity index (χ1n) is 7.31. The summed E-state index contributed by atoms with van der Waals surface area (Å²) >= 11 is 1.77. The second kappa shape index (κ2) is 6.50. The van der Waals surface area contributed by atoms with Gasteiger partial charge in [-0.05, 0) is 44.4 Å². The van der Waals surface area contributed by atoms with Crippen molar-refractivity contribution in [3.05, 3.63) is 18.2 Å². The third-order valence-corrected chi connectivity index (χ3v) is 4.27. The predicted molar refractivity (Wildman–Crippen MR) is 83.6 cm³/mol. The van der Waals surface area contributed by atoms with Crippen LogP contribution in [0.25, 0.3) is 11.0 Å². The van der Waals surface area contributed by atoms with Gasteiger partial charge in [-0.2, -0.15) is 0 Å². The fraction of sp³-hybridized carbons (Fsp3) is 0.533. The molecule has 0 spiro atoms. The summed E-state index contributed by atoms with van der Waals surface area (Å²) in [6, 6.07) is 5.99. The Morgan fingerprint density at radius 3 is 3.15 bits per heavy atom. The molecule has 4 nitrogen and oxygen atoms in total. The lowest BCUT2D eigenvalue weighted by Gasteiger charge is -2.01. The zero-order chi connectivity index (χ0) is 13.8. The zero-order valence-electron chi connectivity index (χ0n) is 11.8. The maximum atomic E-state index is 5.50. The molecular weight excluding hydrogens is 270 g/mol. The van der Waals surface area contributed by atoms with E-state index in [2.05, 4.69) is 15.3 Å². The van der Waals surface area contributed by atoms with E-state index in [0.29, 0.717) is 6.61 Å². The standard InChI is InChI=1S/C15H21N3OS/c1-2-19-12-5-6-13-14(9-12)18-15(17-13)20-8-7-16-10-11-3-4-11/h5-6,9,11,16H,2-4,7-8,10H2,1H3,(H,17,18). The lowest BCUT2D eigenvalue weighted by molar-refractivity contribution is 0.340. The molecule has 0 bridgehead atoms. The van der Waals surface area contributed by atoms with Crippen LogP contribution in [0.1, 0.15) is 19.8 Å². The second-order valence-corrected chi connectivity index (χ2v) is 6.23. The van der Waals surface area contributed by atoms with Gasteiger partial charge in [0.15, 0.2) is 5.16 Å². The molecule has 1 aliphatic rings. The van der Waals surface area contributed by atoms with Gasteiger partial charge in [0.05, 0.1) is 17.6 Å². The molecule has 20 heavy (non-hydrogen) atoms. The van der Waals surface area contributed by atoms with Crippen LogP contribution >= 0.6 is 11.8 Å². The fourth-order valence-corrected chi connectivity index (χ4v) is 2.92. The van der Waals surface area contributed by atoms with Gasteiger partial charge >= 0.3 is 0 Å². The van der Waals surface area contributed by atoms with E-state index >= 15 is 0 Å². The van der Waals surface area contributed by atoms with Crippen LogP contribution in [0.2, 0.25) is 0 Å². The van der Waals surface area contributed by atoms with Gasteiger partial charge in [0.1, 0.15) is 5.75 Å². The second-order valence-electron chi connectivity index (χ2n) is 5.15. The molecule has 0 atom stereocenters. The van der Waals surface area contributed by atoms with Gasteiger partial charge < -0.3 is 15.0 Å². The Hall–Kier alpha value is -1.20. The van der Waals surface area contributed by atoms with E-state index in [1.807, 2.05) is 25.1 Å². The molecule has 1 heterocycles. The smallest absolute Gasteiger partial charge is 0.166 e. The van der Waals surface area contributed by atoms with Crippen LogP contribution in [0.3, 0.4) is 0 Å². The molecule has 0 saturated heterocycles. The maximum absolute atomic E-state index is 5.50. The van der Waals surface area contributed by atoms with E-state index in [0.717, 1.165) is 40.2 Å². The molecule has 0 radical (unpaired) electrons. The van der Waals surface area contributed by atoms with Gasteiger partial charge in [-0.25, -0.2) is 4.98 Å². The van der Waals surface area contributed by atoms with Gasteiger partial charge in [0.2, 0.25) is 0 Å². The Balaban J connectivity index is 1.51. The number of imidazole rings is 1. The van der Waals surface area contributed by atoms with Crippen LogP contribution in [0.15, 0.2) is 23.4 Å². The molecule has 2 N–H and O–H groups in total.